The average molecular weight is 187 g/mol. The van der Waals surface area contributed by atoms with E-state index in [0.717, 1.165) is 5.69 Å². The Morgan fingerprint density at radius 1 is 1.57 bits per heavy atom. The van der Waals surface area contributed by atoms with Gasteiger partial charge in [0.25, 0.3) is 0 Å². The number of nitriles is 1. The predicted octanol–water partition coefficient (Wildman–Crippen LogP) is 2.31. The Morgan fingerprint density at radius 2 is 2.36 bits per heavy atom. The van der Waals surface area contributed by atoms with Crippen molar-refractivity contribution in [2.45, 2.75) is 31.7 Å². The lowest BCUT2D eigenvalue weighted by molar-refractivity contribution is 0.306. The molecule has 1 heterocycles. The van der Waals surface area contributed by atoms with Crippen LogP contribution in [0.3, 0.4) is 0 Å². The molecule has 3 nitrogen and oxygen atoms in total. The van der Waals surface area contributed by atoms with E-state index in [-0.39, 0.29) is 5.54 Å². The third kappa shape index (κ3) is 1.69. The molecule has 14 heavy (non-hydrogen) atoms. The molecule has 72 valence electrons. The van der Waals surface area contributed by atoms with Crippen molar-refractivity contribution in [2.24, 2.45) is 0 Å². The van der Waals surface area contributed by atoms with Crippen LogP contribution < -0.4 is 5.32 Å². The molecular weight excluding hydrogens is 174 g/mol. The molecule has 0 aromatic carbocycles. The number of aromatic nitrogens is 1. The Morgan fingerprint density at radius 3 is 2.93 bits per heavy atom. The van der Waals surface area contributed by atoms with Gasteiger partial charge in [-0.2, -0.15) is 5.26 Å². The maximum absolute atomic E-state index is 8.69. The summed E-state index contributed by atoms with van der Waals surface area (Å²) in [5.41, 5.74) is 1.70. The van der Waals surface area contributed by atoms with Crippen LogP contribution in [0.15, 0.2) is 18.3 Å². The van der Waals surface area contributed by atoms with Crippen molar-refractivity contribution in [1.82, 2.24) is 4.98 Å². The predicted molar refractivity (Wildman–Crippen MR) is 54.8 cm³/mol. The smallest absolute Gasteiger partial charge is 0.142 e. The largest absolute Gasteiger partial charge is 0.380 e. The van der Waals surface area contributed by atoms with Gasteiger partial charge in [0.05, 0.1) is 0 Å². The number of rotatable bonds is 2. The van der Waals surface area contributed by atoms with Crippen molar-refractivity contribution in [2.75, 3.05) is 5.32 Å². The first-order valence-corrected chi connectivity index (χ1v) is 4.86. The van der Waals surface area contributed by atoms with Crippen LogP contribution >= 0.6 is 0 Å². The summed E-state index contributed by atoms with van der Waals surface area (Å²) in [5.74, 6) is 0. The highest BCUT2D eigenvalue weighted by atomic mass is 15.0. The third-order valence-corrected chi connectivity index (χ3v) is 2.78. The summed E-state index contributed by atoms with van der Waals surface area (Å²) in [5, 5.41) is 12.1. The van der Waals surface area contributed by atoms with E-state index in [1.807, 2.05) is 12.1 Å². The number of nitrogens with zero attached hydrogens (tertiary/aromatic N) is 2. The van der Waals surface area contributed by atoms with Crippen LogP contribution in [-0.4, -0.2) is 10.5 Å². The van der Waals surface area contributed by atoms with Crippen LogP contribution in [0.5, 0.6) is 0 Å². The molecule has 0 radical (unpaired) electrons. The molecule has 1 aliphatic carbocycles. The molecule has 1 saturated carbocycles. The zero-order chi connectivity index (χ0) is 10.0. The molecule has 0 atom stereocenters. The summed E-state index contributed by atoms with van der Waals surface area (Å²) in [6, 6.07) is 5.74. The van der Waals surface area contributed by atoms with Gasteiger partial charge in [0.1, 0.15) is 11.8 Å². The molecule has 1 aromatic rings. The topological polar surface area (TPSA) is 48.7 Å². The number of anilines is 1. The van der Waals surface area contributed by atoms with Gasteiger partial charge in [-0.05, 0) is 38.3 Å². The van der Waals surface area contributed by atoms with Crippen LogP contribution in [0.2, 0.25) is 0 Å². The molecule has 1 aliphatic rings. The van der Waals surface area contributed by atoms with Gasteiger partial charge >= 0.3 is 0 Å². The van der Waals surface area contributed by atoms with Crippen LogP contribution in [-0.2, 0) is 0 Å². The number of nitrogens with one attached hydrogen (secondary N) is 1. The van der Waals surface area contributed by atoms with Gasteiger partial charge in [0.15, 0.2) is 0 Å². The highest BCUT2D eigenvalue weighted by molar-refractivity contribution is 5.48. The van der Waals surface area contributed by atoms with E-state index in [2.05, 4.69) is 17.2 Å². The lowest BCUT2D eigenvalue weighted by Gasteiger charge is -2.40. The lowest BCUT2D eigenvalue weighted by atomic mass is 9.78. The Hall–Kier alpha value is -1.56. The normalized spacial score (nSPS) is 18.0. The minimum Gasteiger partial charge on any atom is -0.380 e. The van der Waals surface area contributed by atoms with Crippen molar-refractivity contribution < 1.29 is 0 Å². The van der Waals surface area contributed by atoms with E-state index in [4.69, 9.17) is 5.26 Å². The SMILES string of the molecule is CC1(Nc2ccnc(C#N)c2)CCC1. The van der Waals surface area contributed by atoms with E-state index < -0.39 is 0 Å². The highest BCUT2D eigenvalue weighted by Crippen LogP contribution is 2.34. The number of hydrogen-bond donors (Lipinski definition) is 1. The molecule has 1 aromatic heterocycles. The van der Waals surface area contributed by atoms with E-state index >= 15 is 0 Å². The monoisotopic (exact) mass is 187 g/mol. The van der Waals surface area contributed by atoms with E-state index in [0.29, 0.717) is 5.69 Å². The van der Waals surface area contributed by atoms with Crippen molar-refractivity contribution in [3.05, 3.63) is 24.0 Å². The van der Waals surface area contributed by atoms with Gasteiger partial charge in [-0.15, -0.1) is 0 Å². The third-order valence-electron chi connectivity index (χ3n) is 2.78. The molecular formula is C11H13N3. The zero-order valence-corrected chi connectivity index (χ0v) is 8.25. The first kappa shape index (κ1) is 9.01. The highest BCUT2D eigenvalue weighted by Gasteiger charge is 2.31. The molecule has 3 heteroatoms. The lowest BCUT2D eigenvalue weighted by Crippen LogP contribution is -2.41. The summed E-state index contributed by atoms with van der Waals surface area (Å²) in [4.78, 5) is 3.93. The minimum absolute atomic E-state index is 0.230. The van der Waals surface area contributed by atoms with E-state index in [9.17, 15) is 0 Å². The quantitative estimate of drug-likeness (QED) is 0.772. The summed E-state index contributed by atoms with van der Waals surface area (Å²) in [6.07, 6.45) is 5.37. The maximum atomic E-state index is 8.69. The fourth-order valence-electron chi connectivity index (χ4n) is 1.75. The minimum atomic E-state index is 0.230. The number of pyridine rings is 1. The van der Waals surface area contributed by atoms with Crippen molar-refractivity contribution >= 4 is 5.69 Å². The van der Waals surface area contributed by atoms with Crippen LogP contribution in [0.4, 0.5) is 5.69 Å². The fraction of sp³-hybridized carbons (Fsp3) is 0.455. The fourth-order valence-corrected chi connectivity index (χ4v) is 1.75. The van der Waals surface area contributed by atoms with Crippen molar-refractivity contribution in [1.29, 1.82) is 5.26 Å². The average Bonchev–Trinajstić information content (AvgIpc) is 2.16. The Bertz CT molecular complexity index is 374. The van der Waals surface area contributed by atoms with Crippen LogP contribution in [0.1, 0.15) is 31.9 Å². The summed E-state index contributed by atoms with van der Waals surface area (Å²) >= 11 is 0. The van der Waals surface area contributed by atoms with Crippen LogP contribution in [0.25, 0.3) is 0 Å². The standard InChI is InChI=1S/C11H13N3/c1-11(4-2-5-11)14-9-3-6-13-10(7-9)8-12/h3,6-7H,2,4-5H2,1H3,(H,13,14). The molecule has 1 N–H and O–H groups in total. The summed E-state index contributed by atoms with van der Waals surface area (Å²) in [7, 11) is 0. The number of hydrogen-bond acceptors (Lipinski definition) is 3. The molecule has 0 amide bonds. The summed E-state index contributed by atoms with van der Waals surface area (Å²) in [6.45, 7) is 2.21. The molecule has 0 unspecified atom stereocenters. The second kappa shape index (κ2) is 3.30. The van der Waals surface area contributed by atoms with Crippen molar-refractivity contribution in [3.63, 3.8) is 0 Å². The molecule has 2 rings (SSSR count). The summed E-state index contributed by atoms with van der Waals surface area (Å²) < 4.78 is 0. The van der Waals surface area contributed by atoms with Gasteiger partial charge in [-0.1, -0.05) is 0 Å². The second-order valence-corrected chi connectivity index (χ2v) is 4.08. The van der Waals surface area contributed by atoms with Gasteiger partial charge in [0, 0.05) is 17.4 Å². The Labute approximate surface area is 83.8 Å². The van der Waals surface area contributed by atoms with E-state index in [1.165, 1.54) is 19.3 Å². The first-order chi connectivity index (χ1) is 6.72. The molecule has 0 bridgehead atoms. The van der Waals surface area contributed by atoms with Crippen LogP contribution in [0, 0.1) is 11.3 Å². The van der Waals surface area contributed by atoms with Gasteiger partial charge in [-0.25, -0.2) is 4.98 Å². The van der Waals surface area contributed by atoms with Crippen molar-refractivity contribution in [3.8, 4) is 6.07 Å². The molecule has 1 fully saturated rings. The van der Waals surface area contributed by atoms with Gasteiger partial charge in [-0.3, -0.25) is 0 Å². The molecule has 0 aliphatic heterocycles. The van der Waals surface area contributed by atoms with Gasteiger partial charge < -0.3 is 5.32 Å². The Kier molecular flexibility index (Phi) is 2.12. The second-order valence-electron chi connectivity index (χ2n) is 4.08. The van der Waals surface area contributed by atoms with Gasteiger partial charge in [0.2, 0.25) is 0 Å². The molecule has 0 spiro atoms. The Balaban J connectivity index is 2.13. The van der Waals surface area contributed by atoms with E-state index in [1.54, 1.807) is 12.3 Å². The molecule has 0 saturated heterocycles. The zero-order valence-electron chi connectivity index (χ0n) is 8.25. The first-order valence-electron chi connectivity index (χ1n) is 4.86. The maximum Gasteiger partial charge on any atom is 0.142 e.